The van der Waals surface area contributed by atoms with Crippen LogP contribution in [0.25, 0.3) is 0 Å². The smallest absolute Gasteiger partial charge is 0.230 e. The predicted molar refractivity (Wildman–Crippen MR) is 86.5 cm³/mol. The van der Waals surface area contributed by atoms with Gasteiger partial charge in [0.15, 0.2) is 0 Å². The zero-order valence-electron chi connectivity index (χ0n) is 13.7. The van der Waals surface area contributed by atoms with Gasteiger partial charge in [0.1, 0.15) is 0 Å². The van der Waals surface area contributed by atoms with Crippen LogP contribution in [0, 0.1) is 0 Å². The predicted octanol–water partition coefficient (Wildman–Crippen LogP) is 3.92. The minimum absolute atomic E-state index is 0.289. The van der Waals surface area contributed by atoms with Crippen LogP contribution < -0.4 is 0 Å². The number of aromatic nitrogens is 2. The van der Waals surface area contributed by atoms with Gasteiger partial charge in [-0.15, -0.1) is 10.2 Å². The highest BCUT2D eigenvalue weighted by Crippen LogP contribution is 2.30. The van der Waals surface area contributed by atoms with Gasteiger partial charge in [0.05, 0.1) is 6.54 Å². The lowest BCUT2D eigenvalue weighted by Crippen LogP contribution is -2.25. The molecule has 1 aromatic heterocycles. The molecule has 1 aliphatic carbocycles. The maximum absolute atomic E-state index is 5.76. The minimum Gasteiger partial charge on any atom is -0.424 e. The largest absolute Gasteiger partial charge is 0.424 e. The van der Waals surface area contributed by atoms with Crippen LogP contribution in [0.2, 0.25) is 0 Å². The fourth-order valence-electron chi connectivity index (χ4n) is 2.61. The van der Waals surface area contributed by atoms with Gasteiger partial charge >= 0.3 is 0 Å². The van der Waals surface area contributed by atoms with Gasteiger partial charge < -0.3 is 4.42 Å². The molecular formula is C18H25N3O. The third-order valence-electron chi connectivity index (χ3n) is 4.19. The zero-order valence-corrected chi connectivity index (χ0v) is 13.7. The summed E-state index contributed by atoms with van der Waals surface area (Å²) in [5.74, 6) is 1.76. The lowest BCUT2D eigenvalue weighted by atomic mass is 10.1. The molecule has 0 radical (unpaired) electrons. The van der Waals surface area contributed by atoms with Crippen molar-refractivity contribution >= 4 is 0 Å². The fraction of sp³-hybridized carbons (Fsp3) is 0.556. The number of benzene rings is 1. The molecule has 3 rings (SSSR count). The molecule has 22 heavy (non-hydrogen) atoms. The summed E-state index contributed by atoms with van der Waals surface area (Å²) in [6.45, 7) is 8.04. The monoisotopic (exact) mass is 299 g/mol. The van der Waals surface area contributed by atoms with E-state index in [4.69, 9.17) is 4.42 Å². The second-order valence-corrected chi connectivity index (χ2v) is 6.49. The van der Waals surface area contributed by atoms with Crippen LogP contribution in [-0.2, 0) is 19.5 Å². The molecule has 1 fully saturated rings. The van der Waals surface area contributed by atoms with Crippen LogP contribution in [0.15, 0.2) is 28.7 Å². The molecule has 4 heteroatoms. The molecule has 1 aliphatic rings. The van der Waals surface area contributed by atoms with Crippen molar-refractivity contribution < 1.29 is 4.42 Å². The van der Waals surface area contributed by atoms with E-state index in [-0.39, 0.29) is 5.92 Å². The second-order valence-electron chi connectivity index (χ2n) is 6.49. The molecule has 118 valence electrons. The number of hydrogen-bond donors (Lipinski definition) is 0. The van der Waals surface area contributed by atoms with Crippen LogP contribution in [0.4, 0.5) is 0 Å². The van der Waals surface area contributed by atoms with Gasteiger partial charge in [0.2, 0.25) is 11.8 Å². The molecule has 0 amide bonds. The first kappa shape index (κ1) is 15.2. The van der Waals surface area contributed by atoms with E-state index in [1.807, 2.05) is 0 Å². The molecule has 0 saturated heterocycles. The zero-order chi connectivity index (χ0) is 15.5. The topological polar surface area (TPSA) is 42.2 Å². The Kier molecular flexibility index (Phi) is 4.57. The Morgan fingerprint density at radius 1 is 1.09 bits per heavy atom. The molecule has 0 spiro atoms. The first-order chi connectivity index (χ1) is 10.7. The first-order valence-corrected chi connectivity index (χ1v) is 8.30. The summed E-state index contributed by atoms with van der Waals surface area (Å²) in [7, 11) is 0. The maximum atomic E-state index is 5.76. The van der Waals surface area contributed by atoms with E-state index in [1.165, 1.54) is 24.0 Å². The quantitative estimate of drug-likeness (QED) is 0.777. The Bertz CT molecular complexity index is 599. The summed E-state index contributed by atoms with van der Waals surface area (Å²) in [5, 5.41) is 8.33. The van der Waals surface area contributed by atoms with Crippen molar-refractivity contribution in [3.8, 4) is 0 Å². The van der Waals surface area contributed by atoms with Crippen LogP contribution in [0.1, 0.15) is 62.4 Å². The summed E-state index contributed by atoms with van der Waals surface area (Å²) in [6, 6.07) is 9.59. The summed E-state index contributed by atoms with van der Waals surface area (Å²) in [4.78, 5) is 2.46. The minimum atomic E-state index is 0.289. The van der Waals surface area contributed by atoms with Crippen molar-refractivity contribution in [2.75, 3.05) is 0 Å². The molecule has 0 atom stereocenters. The standard InChI is InChI=1S/C18H25N3O/c1-4-14-5-7-15(8-6-14)11-21(16-9-10-16)12-17-19-20-18(22-17)13(2)3/h5-8,13,16H,4,9-12H2,1-3H3. The van der Waals surface area contributed by atoms with Crippen molar-refractivity contribution in [1.29, 1.82) is 0 Å². The molecule has 1 aromatic carbocycles. The SMILES string of the molecule is CCc1ccc(CN(Cc2nnc(C(C)C)o2)C2CC2)cc1. The Hall–Kier alpha value is -1.68. The van der Waals surface area contributed by atoms with E-state index in [0.29, 0.717) is 6.04 Å². The van der Waals surface area contributed by atoms with E-state index in [0.717, 1.165) is 31.3 Å². The first-order valence-electron chi connectivity index (χ1n) is 8.30. The highest BCUT2D eigenvalue weighted by molar-refractivity contribution is 5.22. The molecule has 0 unspecified atom stereocenters. The molecule has 4 nitrogen and oxygen atoms in total. The van der Waals surface area contributed by atoms with E-state index in [2.05, 4.69) is 60.1 Å². The van der Waals surface area contributed by atoms with Crippen molar-refractivity contribution in [3.05, 3.63) is 47.2 Å². The third kappa shape index (κ3) is 3.74. The van der Waals surface area contributed by atoms with E-state index in [9.17, 15) is 0 Å². The molecular weight excluding hydrogens is 274 g/mol. The summed E-state index contributed by atoms with van der Waals surface area (Å²) >= 11 is 0. The van der Waals surface area contributed by atoms with Crippen LogP contribution >= 0.6 is 0 Å². The van der Waals surface area contributed by atoms with Gasteiger partial charge in [-0.3, -0.25) is 4.90 Å². The Morgan fingerprint density at radius 2 is 1.77 bits per heavy atom. The Morgan fingerprint density at radius 3 is 2.32 bits per heavy atom. The summed E-state index contributed by atoms with van der Waals surface area (Å²) in [6.07, 6.45) is 3.64. The lowest BCUT2D eigenvalue weighted by molar-refractivity contribution is 0.218. The van der Waals surface area contributed by atoms with E-state index >= 15 is 0 Å². The number of aryl methyl sites for hydroxylation is 1. The molecule has 1 saturated carbocycles. The third-order valence-corrected chi connectivity index (χ3v) is 4.19. The number of hydrogen-bond acceptors (Lipinski definition) is 4. The van der Waals surface area contributed by atoms with Crippen molar-refractivity contribution in [2.45, 2.75) is 65.1 Å². The van der Waals surface area contributed by atoms with Crippen LogP contribution in [0.3, 0.4) is 0 Å². The molecule has 0 N–H and O–H groups in total. The van der Waals surface area contributed by atoms with Gasteiger partial charge in [0.25, 0.3) is 0 Å². The van der Waals surface area contributed by atoms with Gasteiger partial charge in [0, 0.05) is 18.5 Å². The number of nitrogens with zero attached hydrogens (tertiary/aromatic N) is 3. The maximum Gasteiger partial charge on any atom is 0.230 e. The highest BCUT2D eigenvalue weighted by atomic mass is 16.4. The van der Waals surface area contributed by atoms with Crippen molar-refractivity contribution in [3.63, 3.8) is 0 Å². The average Bonchev–Trinajstić information content (AvgIpc) is 3.26. The molecule has 2 aromatic rings. The normalized spacial score (nSPS) is 15.0. The second kappa shape index (κ2) is 6.61. The summed E-state index contributed by atoms with van der Waals surface area (Å²) in [5.41, 5.74) is 2.74. The van der Waals surface area contributed by atoms with Gasteiger partial charge in [-0.25, -0.2) is 0 Å². The van der Waals surface area contributed by atoms with Crippen molar-refractivity contribution in [2.24, 2.45) is 0 Å². The lowest BCUT2D eigenvalue weighted by Gasteiger charge is -2.20. The van der Waals surface area contributed by atoms with Crippen molar-refractivity contribution in [1.82, 2.24) is 15.1 Å². The van der Waals surface area contributed by atoms with Gasteiger partial charge in [-0.2, -0.15) is 0 Å². The summed E-state index contributed by atoms with van der Waals surface area (Å²) < 4.78 is 5.76. The molecule has 0 aliphatic heterocycles. The van der Waals surface area contributed by atoms with E-state index in [1.54, 1.807) is 0 Å². The van der Waals surface area contributed by atoms with Crippen LogP contribution in [0.5, 0.6) is 0 Å². The van der Waals surface area contributed by atoms with Crippen LogP contribution in [-0.4, -0.2) is 21.1 Å². The highest BCUT2D eigenvalue weighted by Gasteiger charge is 2.30. The molecule has 0 bridgehead atoms. The number of rotatable bonds is 7. The molecule has 1 heterocycles. The Balaban J connectivity index is 1.66. The van der Waals surface area contributed by atoms with E-state index < -0.39 is 0 Å². The average molecular weight is 299 g/mol. The Labute approximate surface area is 132 Å². The fourth-order valence-corrected chi connectivity index (χ4v) is 2.61. The van der Waals surface area contributed by atoms with Gasteiger partial charge in [-0.1, -0.05) is 45.0 Å². The van der Waals surface area contributed by atoms with Gasteiger partial charge in [-0.05, 0) is 30.4 Å².